The molecule has 1 aliphatic heterocycles. The topological polar surface area (TPSA) is 115 Å². The highest BCUT2D eigenvalue weighted by Gasteiger charge is 2.28. The zero-order valence-corrected chi connectivity index (χ0v) is 14.3. The van der Waals surface area contributed by atoms with Crippen LogP contribution < -0.4 is 4.90 Å². The van der Waals surface area contributed by atoms with E-state index in [4.69, 9.17) is 11.6 Å². The summed E-state index contributed by atoms with van der Waals surface area (Å²) in [5.41, 5.74) is 0.346. The number of halogens is 1. The van der Waals surface area contributed by atoms with Crippen molar-refractivity contribution in [1.29, 1.82) is 0 Å². The Labute approximate surface area is 144 Å². The second-order valence-corrected chi connectivity index (χ2v) is 8.43. The fraction of sp³-hybridized carbons (Fsp3) is 0.357. The van der Waals surface area contributed by atoms with Gasteiger partial charge in [-0.3, -0.25) is 18.3 Å². The number of pyridine rings is 1. The van der Waals surface area contributed by atoms with Crippen molar-refractivity contribution in [3.63, 3.8) is 0 Å². The molecule has 2 aromatic rings. The summed E-state index contributed by atoms with van der Waals surface area (Å²) < 4.78 is 21.0. The predicted molar refractivity (Wildman–Crippen MR) is 92.0 cm³/mol. The van der Waals surface area contributed by atoms with Gasteiger partial charge in [0.15, 0.2) is 11.5 Å². The Bertz CT molecular complexity index is 841. The van der Waals surface area contributed by atoms with Crippen molar-refractivity contribution in [2.75, 3.05) is 29.5 Å². The molecule has 10 heteroatoms. The van der Waals surface area contributed by atoms with E-state index in [-0.39, 0.29) is 33.5 Å². The fourth-order valence-electron chi connectivity index (χ4n) is 2.80. The van der Waals surface area contributed by atoms with E-state index in [1.165, 1.54) is 23.7 Å². The monoisotopic (exact) mass is 373 g/mol. The molecule has 0 unspecified atom stereocenters. The van der Waals surface area contributed by atoms with Gasteiger partial charge in [0.2, 0.25) is 0 Å². The van der Waals surface area contributed by atoms with Crippen molar-refractivity contribution in [1.82, 2.24) is 9.38 Å². The zero-order valence-electron chi connectivity index (χ0n) is 12.8. The Morgan fingerprint density at radius 2 is 1.92 bits per heavy atom. The zero-order chi connectivity index (χ0) is 17.6. The Morgan fingerprint density at radius 3 is 2.46 bits per heavy atom. The van der Waals surface area contributed by atoms with E-state index >= 15 is 0 Å². The molecule has 8 nitrogen and oxygen atoms in total. The quantitative estimate of drug-likeness (QED) is 0.707. The first-order valence-electron chi connectivity index (χ1n) is 7.13. The lowest BCUT2D eigenvalue weighted by Crippen LogP contribution is -2.40. The number of imidazole rings is 1. The van der Waals surface area contributed by atoms with Crippen LogP contribution in [0, 0.1) is 0 Å². The smallest absolute Gasteiger partial charge is 0.356 e. The third-order valence-corrected chi connectivity index (χ3v) is 5.95. The molecule has 3 heterocycles. The lowest BCUT2D eigenvalue weighted by molar-refractivity contribution is 0.0693. The highest BCUT2D eigenvalue weighted by molar-refractivity contribution is 8.24. The molecular weight excluding hydrogens is 358 g/mol. The van der Waals surface area contributed by atoms with Gasteiger partial charge in [0, 0.05) is 13.1 Å². The summed E-state index contributed by atoms with van der Waals surface area (Å²) in [6, 6.07) is 1.44. The number of rotatable bonds is 3. The van der Waals surface area contributed by atoms with Crippen LogP contribution in [-0.4, -0.2) is 59.9 Å². The SMILES string of the molecule is CC(=O)c1cc(Cl)c2c(C(=O)O)ncn2c1N1CCS(O)(O)CC1. The Balaban J connectivity index is 2.21. The number of hydrogen-bond donors (Lipinski definition) is 3. The number of aromatic nitrogens is 2. The maximum absolute atomic E-state index is 12.0. The van der Waals surface area contributed by atoms with Gasteiger partial charge in [0.05, 0.1) is 22.1 Å². The summed E-state index contributed by atoms with van der Waals surface area (Å²) in [4.78, 5) is 29.1. The Hall–Kier alpha value is -1.81. The van der Waals surface area contributed by atoms with Crippen molar-refractivity contribution in [2.24, 2.45) is 0 Å². The number of carbonyl (C=O) groups excluding carboxylic acids is 1. The lowest BCUT2D eigenvalue weighted by atomic mass is 10.1. The van der Waals surface area contributed by atoms with Gasteiger partial charge in [-0.05, 0) is 13.0 Å². The average molecular weight is 374 g/mol. The number of ketones is 1. The van der Waals surface area contributed by atoms with Gasteiger partial charge < -0.3 is 10.0 Å². The van der Waals surface area contributed by atoms with Crippen LogP contribution in [-0.2, 0) is 0 Å². The molecule has 0 radical (unpaired) electrons. The van der Waals surface area contributed by atoms with Gasteiger partial charge in [0.1, 0.15) is 17.7 Å². The van der Waals surface area contributed by atoms with E-state index < -0.39 is 16.6 Å². The molecule has 1 fully saturated rings. The highest BCUT2D eigenvalue weighted by Crippen LogP contribution is 2.42. The number of carboxylic acid groups (broad SMARTS) is 1. The van der Waals surface area contributed by atoms with E-state index in [0.29, 0.717) is 24.5 Å². The van der Waals surface area contributed by atoms with Crippen LogP contribution >= 0.6 is 22.2 Å². The summed E-state index contributed by atoms with van der Waals surface area (Å²) in [6.07, 6.45) is 1.32. The first-order chi connectivity index (χ1) is 11.2. The minimum atomic E-state index is -2.60. The number of nitrogens with zero attached hydrogens (tertiary/aromatic N) is 3. The fourth-order valence-corrected chi connectivity index (χ4v) is 4.32. The molecule has 0 spiro atoms. The van der Waals surface area contributed by atoms with Crippen molar-refractivity contribution in [3.05, 3.63) is 28.7 Å². The van der Waals surface area contributed by atoms with E-state index in [9.17, 15) is 23.8 Å². The van der Waals surface area contributed by atoms with E-state index in [0.717, 1.165) is 0 Å². The lowest BCUT2D eigenvalue weighted by Gasteiger charge is -2.42. The predicted octanol–water partition coefficient (Wildman–Crippen LogP) is 2.46. The van der Waals surface area contributed by atoms with Crippen LogP contribution in [0.5, 0.6) is 0 Å². The van der Waals surface area contributed by atoms with Crippen LogP contribution in [0.4, 0.5) is 5.82 Å². The number of anilines is 1. The molecule has 0 saturated carbocycles. The minimum Gasteiger partial charge on any atom is -0.476 e. The average Bonchev–Trinajstić information content (AvgIpc) is 2.93. The largest absolute Gasteiger partial charge is 0.476 e. The maximum atomic E-state index is 12.0. The van der Waals surface area contributed by atoms with Crippen LogP contribution in [0.3, 0.4) is 0 Å². The van der Waals surface area contributed by atoms with Gasteiger partial charge in [-0.15, -0.1) is 0 Å². The van der Waals surface area contributed by atoms with Gasteiger partial charge in [0.25, 0.3) is 0 Å². The number of carbonyl (C=O) groups is 2. The van der Waals surface area contributed by atoms with Crippen molar-refractivity contribution in [3.8, 4) is 0 Å². The van der Waals surface area contributed by atoms with Gasteiger partial charge in [-0.1, -0.05) is 11.6 Å². The van der Waals surface area contributed by atoms with Crippen LogP contribution in [0.15, 0.2) is 12.4 Å². The molecular formula is C14H16ClN3O5S. The van der Waals surface area contributed by atoms with Gasteiger partial charge in [-0.25, -0.2) is 9.78 Å². The summed E-state index contributed by atoms with van der Waals surface area (Å²) in [6.45, 7) is 2.06. The van der Waals surface area contributed by atoms with Crippen LogP contribution in [0.1, 0.15) is 27.8 Å². The number of Topliss-reactive ketones (excluding diaryl/α,β-unsaturated/α-hetero) is 1. The normalized spacial score (nSPS) is 18.6. The number of carboxylic acids is 1. The van der Waals surface area contributed by atoms with Crippen LogP contribution in [0.25, 0.3) is 5.52 Å². The van der Waals surface area contributed by atoms with Crippen molar-refractivity contribution < 1.29 is 23.8 Å². The van der Waals surface area contributed by atoms with Crippen molar-refractivity contribution in [2.45, 2.75) is 6.92 Å². The molecule has 24 heavy (non-hydrogen) atoms. The molecule has 0 atom stereocenters. The molecule has 0 aliphatic carbocycles. The first-order valence-corrected chi connectivity index (χ1v) is 9.40. The summed E-state index contributed by atoms with van der Waals surface area (Å²) in [5.74, 6) is -0.591. The summed E-state index contributed by atoms with van der Waals surface area (Å²) in [5, 5.41) is 9.39. The van der Waals surface area contributed by atoms with Crippen LogP contribution in [0.2, 0.25) is 5.02 Å². The minimum absolute atomic E-state index is 0.125. The molecule has 3 N–H and O–H groups in total. The Kier molecular flexibility index (Phi) is 4.20. The number of aromatic carboxylic acids is 1. The van der Waals surface area contributed by atoms with Crippen molar-refractivity contribution >= 4 is 45.3 Å². The molecule has 1 saturated heterocycles. The Morgan fingerprint density at radius 1 is 1.29 bits per heavy atom. The van der Waals surface area contributed by atoms with Gasteiger partial charge in [-0.2, -0.15) is 10.6 Å². The maximum Gasteiger partial charge on any atom is 0.356 e. The van der Waals surface area contributed by atoms with Gasteiger partial charge >= 0.3 is 5.97 Å². The molecule has 0 amide bonds. The van der Waals surface area contributed by atoms with E-state index in [2.05, 4.69) is 4.98 Å². The van der Waals surface area contributed by atoms with E-state index in [1.54, 1.807) is 0 Å². The summed E-state index contributed by atoms with van der Waals surface area (Å²) in [7, 11) is -2.60. The third kappa shape index (κ3) is 2.84. The highest BCUT2D eigenvalue weighted by atomic mass is 35.5. The van der Waals surface area contributed by atoms with E-state index in [1.807, 2.05) is 4.90 Å². The number of fused-ring (bicyclic) bond motifs is 1. The second-order valence-electron chi connectivity index (χ2n) is 5.60. The molecule has 0 aromatic carbocycles. The first kappa shape index (κ1) is 17.0. The molecule has 2 aromatic heterocycles. The summed E-state index contributed by atoms with van der Waals surface area (Å²) >= 11 is 6.18. The molecule has 3 rings (SSSR count). The standard InChI is InChI=1S/C14H16ClN3O5S/c1-8(19)9-6-10(15)12-11(14(20)21)16-7-18(12)13(9)17-2-4-24(22,23)5-3-17/h6-7,22-23H,2-5H2,1H3,(H,20,21). The second kappa shape index (κ2) is 5.92. The third-order valence-electron chi connectivity index (χ3n) is 3.99. The molecule has 130 valence electrons. The molecule has 1 aliphatic rings. The number of hydrogen-bond acceptors (Lipinski definition) is 6. The molecule has 0 bridgehead atoms.